The van der Waals surface area contributed by atoms with E-state index < -0.39 is 24.3 Å². The number of carboxylic acid groups (broad SMARTS) is 2. The highest BCUT2D eigenvalue weighted by Gasteiger charge is 2.50. The number of halogens is 6. The maximum atomic E-state index is 10.6. The van der Waals surface area contributed by atoms with Gasteiger partial charge in [-0.2, -0.15) is 26.3 Å². The van der Waals surface area contributed by atoms with Crippen LogP contribution in [-0.2, 0) is 20.9 Å². The van der Waals surface area contributed by atoms with E-state index in [9.17, 15) is 26.3 Å². The van der Waals surface area contributed by atoms with Gasteiger partial charge in [0.15, 0.2) is 0 Å². The summed E-state index contributed by atoms with van der Waals surface area (Å²) in [5, 5.41) is 14.2. The summed E-state index contributed by atoms with van der Waals surface area (Å²) >= 11 is 0. The molecular formula is C25H34F6N2O6. The van der Waals surface area contributed by atoms with Crippen molar-refractivity contribution in [3.8, 4) is 5.75 Å². The molecular weight excluding hydrogens is 538 g/mol. The molecule has 0 aromatic heterocycles. The molecule has 1 saturated carbocycles. The predicted molar refractivity (Wildman–Crippen MR) is 127 cm³/mol. The Kier molecular flexibility index (Phi) is 11.4. The van der Waals surface area contributed by atoms with Gasteiger partial charge in [-0.1, -0.05) is 12.1 Å². The molecule has 0 amide bonds. The Morgan fingerprint density at radius 1 is 0.949 bits per heavy atom. The highest BCUT2D eigenvalue weighted by molar-refractivity contribution is 5.73. The van der Waals surface area contributed by atoms with E-state index in [1.807, 2.05) is 7.11 Å². The van der Waals surface area contributed by atoms with Gasteiger partial charge in [0.25, 0.3) is 0 Å². The molecule has 14 heteroatoms. The fourth-order valence-electron chi connectivity index (χ4n) is 4.95. The number of alkyl halides is 6. The summed E-state index contributed by atoms with van der Waals surface area (Å²) in [5.74, 6) is -2.90. The van der Waals surface area contributed by atoms with Crippen molar-refractivity contribution < 1.29 is 55.6 Å². The quantitative estimate of drug-likeness (QED) is 0.471. The van der Waals surface area contributed by atoms with Crippen molar-refractivity contribution in [2.45, 2.75) is 38.2 Å². The zero-order chi connectivity index (χ0) is 29.4. The van der Waals surface area contributed by atoms with E-state index in [0.29, 0.717) is 11.3 Å². The third-order valence-electron chi connectivity index (χ3n) is 6.98. The number of likely N-dealkylation sites (tertiary alicyclic amines) is 2. The molecule has 3 aliphatic rings. The average Bonchev–Trinajstić information content (AvgIpc) is 3.47. The molecule has 1 aromatic carbocycles. The highest BCUT2D eigenvalue weighted by Crippen LogP contribution is 2.45. The number of hydrogen-bond donors (Lipinski definition) is 2. The van der Waals surface area contributed by atoms with Gasteiger partial charge in [-0.05, 0) is 49.4 Å². The smallest absolute Gasteiger partial charge is 0.490 e. The van der Waals surface area contributed by atoms with E-state index >= 15 is 0 Å². The molecule has 222 valence electrons. The number of benzene rings is 1. The minimum absolute atomic E-state index is 0.442. The maximum absolute atomic E-state index is 10.6. The van der Waals surface area contributed by atoms with Crippen LogP contribution in [0.3, 0.4) is 0 Å². The Labute approximate surface area is 222 Å². The van der Waals surface area contributed by atoms with Crippen LogP contribution < -0.4 is 4.74 Å². The molecule has 0 unspecified atom stereocenters. The minimum Gasteiger partial charge on any atom is -0.497 e. The van der Waals surface area contributed by atoms with Crippen molar-refractivity contribution in [1.82, 2.24) is 9.80 Å². The van der Waals surface area contributed by atoms with Crippen LogP contribution in [0.1, 0.15) is 24.8 Å². The molecule has 3 fully saturated rings. The second-order valence-corrected chi connectivity index (χ2v) is 10.1. The summed E-state index contributed by atoms with van der Waals surface area (Å²) in [4.78, 5) is 23.2. The summed E-state index contributed by atoms with van der Waals surface area (Å²) in [6.07, 6.45) is -5.96. The number of aliphatic carboxylic acids is 2. The van der Waals surface area contributed by atoms with Crippen LogP contribution in [0.15, 0.2) is 24.3 Å². The van der Waals surface area contributed by atoms with Crippen LogP contribution in [0, 0.1) is 17.3 Å². The van der Waals surface area contributed by atoms with Gasteiger partial charge in [0.1, 0.15) is 5.75 Å². The van der Waals surface area contributed by atoms with E-state index in [0.717, 1.165) is 24.8 Å². The molecule has 39 heavy (non-hydrogen) atoms. The van der Waals surface area contributed by atoms with Crippen LogP contribution in [0.2, 0.25) is 0 Å². The lowest BCUT2D eigenvalue weighted by atomic mass is 9.77. The maximum Gasteiger partial charge on any atom is 0.490 e. The normalized spacial score (nSPS) is 23.5. The first kappa shape index (κ1) is 32.6. The fourth-order valence-corrected chi connectivity index (χ4v) is 4.95. The number of carbonyl (C=O) groups is 2. The van der Waals surface area contributed by atoms with Gasteiger partial charge in [0.05, 0.1) is 13.7 Å². The first-order valence-corrected chi connectivity index (χ1v) is 12.3. The van der Waals surface area contributed by atoms with Gasteiger partial charge < -0.3 is 24.6 Å². The van der Waals surface area contributed by atoms with E-state index in [4.69, 9.17) is 29.3 Å². The minimum atomic E-state index is -5.08. The van der Waals surface area contributed by atoms with Crippen molar-refractivity contribution in [3.05, 3.63) is 29.8 Å². The van der Waals surface area contributed by atoms with Crippen molar-refractivity contribution in [1.29, 1.82) is 0 Å². The van der Waals surface area contributed by atoms with E-state index in [-0.39, 0.29) is 0 Å². The first-order chi connectivity index (χ1) is 18.1. The Balaban J connectivity index is 0.000000317. The third kappa shape index (κ3) is 10.5. The predicted octanol–water partition coefficient (Wildman–Crippen LogP) is 4.14. The van der Waals surface area contributed by atoms with Crippen LogP contribution in [0.4, 0.5) is 26.3 Å². The van der Waals surface area contributed by atoms with Crippen molar-refractivity contribution in [2.75, 3.05) is 53.6 Å². The number of carboxylic acids is 2. The second-order valence-electron chi connectivity index (χ2n) is 10.1. The van der Waals surface area contributed by atoms with E-state index in [1.165, 1.54) is 57.5 Å². The highest BCUT2D eigenvalue weighted by atomic mass is 19.4. The number of rotatable bonds is 7. The lowest BCUT2D eigenvalue weighted by Crippen LogP contribution is -2.36. The van der Waals surface area contributed by atoms with Crippen molar-refractivity contribution in [2.24, 2.45) is 17.3 Å². The number of hydrogen-bond acceptors (Lipinski definition) is 6. The zero-order valence-corrected chi connectivity index (χ0v) is 21.7. The standard InChI is InChI=1S/C21H32N2O2.2C2HF3O2/c1-24-14-19-13-23(12-17-3-4-17)16-21(19)9-10-22(15-21)11-18-5-7-20(25-2)8-6-18;2*3-2(4,5)1(6)7/h5-8,17,19H,3-4,9-16H2,1-2H3;2*(H,6,7)/t19-,21-;;/m0../s1. The van der Waals surface area contributed by atoms with E-state index in [1.54, 1.807) is 7.11 Å². The Morgan fingerprint density at radius 2 is 1.46 bits per heavy atom. The van der Waals surface area contributed by atoms with Crippen molar-refractivity contribution >= 4 is 11.9 Å². The first-order valence-electron chi connectivity index (χ1n) is 12.3. The second kappa shape index (κ2) is 13.7. The molecule has 8 nitrogen and oxygen atoms in total. The summed E-state index contributed by atoms with van der Waals surface area (Å²) in [6.45, 7) is 8.22. The largest absolute Gasteiger partial charge is 0.497 e. The summed E-state index contributed by atoms with van der Waals surface area (Å²) < 4.78 is 74.3. The number of methoxy groups -OCH3 is 2. The lowest BCUT2D eigenvalue weighted by Gasteiger charge is -2.30. The summed E-state index contributed by atoms with van der Waals surface area (Å²) in [6, 6.07) is 8.54. The molecule has 2 N–H and O–H groups in total. The van der Waals surface area contributed by atoms with Crippen LogP contribution in [0.25, 0.3) is 0 Å². The van der Waals surface area contributed by atoms with E-state index in [2.05, 4.69) is 34.1 Å². The topological polar surface area (TPSA) is 99.5 Å². The average molecular weight is 573 g/mol. The van der Waals surface area contributed by atoms with Crippen molar-refractivity contribution in [3.63, 3.8) is 0 Å². The summed E-state index contributed by atoms with van der Waals surface area (Å²) in [7, 11) is 3.59. The fraction of sp³-hybridized carbons (Fsp3) is 0.680. The Bertz CT molecular complexity index is 914. The monoisotopic (exact) mass is 572 g/mol. The molecule has 1 aliphatic carbocycles. The van der Waals surface area contributed by atoms with Gasteiger partial charge in [-0.25, -0.2) is 9.59 Å². The Hall–Kier alpha value is -2.58. The molecule has 1 aromatic rings. The van der Waals surface area contributed by atoms with Gasteiger partial charge in [0.2, 0.25) is 0 Å². The molecule has 2 saturated heterocycles. The summed E-state index contributed by atoms with van der Waals surface area (Å²) in [5.41, 5.74) is 1.83. The van der Waals surface area contributed by atoms with Gasteiger partial charge >= 0.3 is 24.3 Å². The lowest BCUT2D eigenvalue weighted by molar-refractivity contribution is -0.193. The van der Waals surface area contributed by atoms with Crippen LogP contribution in [0.5, 0.6) is 5.75 Å². The van der Waals surface area contributed by atoms with Gasteiger partial charge in [0, 0.05) is 51.2 Å². The molecule has 1 spiro atoms. The number of nitrogens with zero attached hydrogens (tertiary/aromatic N) is 2. The Morgan fingerprint density at radius 3 is 1.90 bits per heavy atom. The molecule has 4 rings (SSSR count). The van der Waals surface area contributed by atoms with Crippen LogP contribution >= 0.6 is 0 Å². The SMILES string of the molecule is COC[C@@H]1CN(CC2CC2)C[C@@]12CCN(Cc1ccc(OC)cc1)C2.O=C(O)C(F)(F)F.O=C(O)C(F)(F)F. The van der Waals surface area contributed by atoms with Gasteiger partial charge in [-0.3, -0.25) is 4.90 Å². The molecule has 0 radical (unpaired) electrons. The van der Waals surface area contributed by atoms with Gasteiger partial charge in [-0.15, -0.1) is 0 Å². The third-order valence-corrected chi connectivity index (χ3v) is 6.98. The zero-order valence-electron chi connectivity index (χ0n) is 21.7. The molecule has 2 heterocycles. The van der Waals surface area contributed by atoms with Crippen LogP contribution in [-0.4, -0.2) is 97.9 Å². The number of ether oxygens (including phenoxy) is 2. The molecule has 0 bridgehead atoms. The molecule has 2 atom stereocenters. The molecule has 2 aliphatic heterocycles.